The van der Waals surface area contributed by atoms with Crippen LogP contribution in [0.5, 0.6) is 0 Å². The van der Waals surface area contributed by atoms with Crippen LogP contribution in [0.1, 0.15) is 19.8 Å². The molecule has 0 radical (unpaired) electrons. The third kappa shape index (κ3) is 1.96. The Hall–Kier alpha value is -0.880. The van der Waals surface area contributed by atoms with Crippen molar-refractivity contribution in [3.05, 3.63) is 12.5 Å². The third-order valence-corrected chi connectivity index (χ3v) is 3.55. The van der Waals surface area contributed by atoms with Crippen LogP contribution in [0.25, 0.3) is 0 Å². The van der Waals surface area contributed by atoms with Gasteiger partial charge in [0.15, 0.2) is 5.03 Å². The number of imidazole rings is 1. The van der Waals surface area contributed by atoms with E-state index in [4.69, 9.17) is 0 Å². The number of nitrogens with one attached hydrogen (secondary N) is 1. The molecule has 0 saturated heterocycles. The topological polar surface area (TPSA) is 64.0 Å². The van der Waals surface area contributed by atoms with Crippen molar-refractivity contribution >= 4 is 10.0 Å². The number of aryl methyl sites for hydroxylation is 1. The fourth-order valence-electron chi connectivity index (χ4n) is 1.13. The van der Waals surface area contributed by atoms with Gasteiger partial charge >= 0.3 is 0 Å². The summed E-state index contributed by atoms with van der Waals surface area (Å²) in [7, 11) is -3.37. The van der Waals surface area contributed by atoms with Crippen LogP contribution < -0.4 is 4.72 Å². The summed E-state index contributed by atoms with van der Waals surface area (Å²) in [6.45, 7) is 2.67. The highest BCUT2D eigenvalue weighted by Crippen LogP contribution is 2.21. The van der Waals surface area contributed by atoms with E-state index in [-0.39, 0.29) is 11.1 Å². The van der Waals surface area contributed by atoms with E-state index in [1.807, 2.05) is 6.92 Å². The second kappa shape index (κ2) is 3.36. The van der Waals surface area contributed by atoms with Gasteiger partial charge in [-0.1, -0.05) is 0 Å². The highest BCUT2D eigenvalue weighted by molar-refractivity contribution is 7.89. The van der Waals surface area contributed by atoms with Gasteiger partial charge in [-0.05, 0) is 19.8 Å². The summed E-state index contributed by atoms with van der Waals surface area (Å²) < 4.78 is 27.6. The zero-order valence-electron chi connectivity index (χ0n) is 7.97. The van der Waals surface area contributed by atoms with Gasteiger partial charge in [-0.2, -0.15) is 0 Å². The molecule has 0 spiro atoms. The van der Waals surface area contributed by atoms with E-state index in [0.717, 1.165) is 19.4 Å². The monoisotopic (exact) mass is 215 g/mol. The molecule has 1 N–H and O–H groups in total. The molecule has 0 bridgehead atoms. The molecule has 78 valence electrons. The first kappa shape index (κ1) is 9.67. The maximum absolute atomic E-state index is 11.6. The van der Waals surface area contributed by atoms with Crippen LogP contribution >= 0.6 is 0 Å². The molecule has 1 aromatic heterocycles. The van der Waals surface area contributed by atoms with Gasteiger partial charge in [-0.25, -0.2) is 18.1 Å². The zero-order chi connectivity index (χ0) is 10.2. The molecule has 0 unspecified atom stereocenters. The highest BCUT2D eigenvalue weighted by atomic mass is 32.2. The first-order chi connectivity index (χ1) is 6.62. The lowest BCUT2D eigenvalue weighted by Crippen LogP contribution is -2.25. The van der Waals surface area contributed by atoms with Gasteiger partial charge in [0.25, 0.3) is 10.0 Å². The van der Waals surface area contributed by atoms with Crippen LogP contribution in [0.2, 0.25) is 0 Å². The highest BCUT2D eigenvalue weighted by Gasteiger charge is 2.29. The molecule has 0 amide bonds. The van der Waals surface area contributed by atoms with Crippen LogP contribution in [0.15, 0.2) is 17.6 Å². The predicted molar refractivity (Wildman–Crippen MR) is 51.2 cm³/mol. The lowest BCUT2D eigenvalue weighted by atomic mass is 10.7. The van der Waals surface area contributed by atoms with Gasteiger partial charge in [0, 0.05) is 18.8 Å². The van der Waals surface area contributed by atoms with Gasteiger partial charge in [-0.3, -0.25) is 0 Å². The fraction of sp³-hybridized carbons (Fsp3) is 0.625. The normalized spacial score (nSPS) is 17.2. The minimum Gasteiger partial charge on any atom is -0.336 e. The van der Waals surface area contributed by atoms with Gasteiger partial charge in [-0.15, -0.1) is 0 Å². The summed E-state index contributed by atoms with van der Waals surface area (Å²) in [5.41, 5.74) is 0. The molecule has 0 aromatic carbocycles. The van der Waals surface area contributed by atoms with E-state index in [9.17, 15) is 8.42 Å². The van der Waals surface area contributed by atoms with Crippen LogP contribution in [0.4, 0.5) is 0 Å². The van der Waals surface area contributed by atoms with E-state index in [0.29, 0.717) is 0 Å². The first-order valence-corrected chi connectivity index (χ1v) is 6.14. The second-order valence-electron chi connectivity index (χ2n) is 3.44. The summed E-state index contributed by atoms with van der Waals surface area (Å²) in [5.74, 6) is 0. The van der Waals surface area contributed by atoms with E-state index in [1.54, 1.807) is 10.8 Å². The van der Waals surface area contributed by atoms with Crippen molar-refractivity contribution in [1.82, 2.24) is 14.3 Å². The van der Waals surface area contributed by atoms with Crippen molar-refractivity contribution in [3.63, 3.8) is 0 Å². The minimum atomic E-state index is -3.37. The van der Waals surface area contributed by atoms with Crippen molar-refractivity contribution < 1.29 is 8.42 Å². The van der Waals surface area contributed by atoms with Crippen molar-refractivity contribution in [2.45, 2.75) is 37.4 Å². The summed E-state index contributed by atoms with van der Waals surface area (Å²) in [4.78, 5) is 3.85. The number of sulfonamides is 1. The molecule has 1 aliphatic carbocycles. The smallest absolute Gasteiger partial charge is 0.259 e. The van der Waals surface area contributed by atoms with Gasteiger partial charge < -0.3 is 4.57 Å². The summed E-state index contributed by atoms with van der Waals surface area (Å²) in [5, 5.41) is 0.117. The Morgan fingerprint density at radius 1 is 1.64 bits per heavy atom. The van der Waals surface area contributed by atoms with Gasteiger partial charge in [0.1, 0.15) is 0 Å². The molecule has 1 saturated carbocycles. The summed E-state index contributed by atoms with van der Waals surface area (Å²) in [6.07, 6.45) is 4.95. The molecule has 1 fully saturated rings. The Kier molecular flexibility index (Phi) is 2.32. The third-order valence-electron chi connectivity index (χ3n) is 2.15. The van der Waals surface area contributed by atoms with E-state index in [1.165, 1.54) is 6.33 Å². The van der Waals surface area contributed by atoms with Crippen molar-refractivity contribution in [2.24, 2.45) is 0 Å². The SMILES string of the molecule is CCn1cnc(S(=O)(=O)NC2CC2)c1. The standard InChI is InChI=1S/C8H13N3O2S/c1-2-11-5-8(9-6-11)14(12,13)10-7-3-4-7/h5-7,10H,2-4H2,1H3. The molecule has 6 heteroatoms. The Balaban J connectivity index is 2.19. The van der Waals surface area contributed by atoms with Gasteiger partial charge in [0.2, 0.25) is 0 Å². The number of hydrogen-bond acceptors (Lipinski definition) is 3. The number of rotatable bonds is 4. The molecule has 1 aliphatic rings. The first-order valence-electron chi connectivity index (χ1n) is 4.66. The average molecular weight is 215 g/mol. The van der Waals surface area contributed by atoms with Crippen LogP contribution in [0.3, 0.4) is 0 Å². The largest absolute Gasteiger partial charge is 0.336 e. The molecule has 1 heterocycles. The van der Waals surface area contributed by atoms with Crippen LogP contribution in [-0.4, -0.2) is 24.0 Å². The second-order valence-corrected chi connectivity index (χ2v) is 5.10. The van der Waals surface area contributed by atoms with E-state index in [2.05, 4.69) is 9.71 Å². The predicted octanol–water partition coefficient (Wildman–Crippen LogP) is 0.344. The number of aromatic nitrogens is 2. The molecular weight excluding hydrogens is 202 g/mol. The maximum atomic E-state index is 11.6. The van der Waals surface area contributed by atoms with Crippen molar-refractivity contribution in [2.75, 3.05) is 0 Å². The fourth-order valence-corrected chi connectivity index (χ4v) is 2.39. The quantitative estimate of drug-likeness (QED) is 0.788. The van der Waals surface area contributed by atoms with E-state index < -0.39 is 10.0 Å². The van der Waals surface area contributed by atoms with Gasteiger partial charge in [0.05, 0.1) is 6.33 Å². The molecule has 0 aliphatic heterocycles. The lowest BCUT2D eigenvalue weighted by molar-refractivity contribution is 0.577. The molecule has 14 heavy (non-hydrogen) atoms. The number of hydrogen-bond donors (Lipinski definition) is 1. The maximum Gasteiger partial charge on any atom is 0.259 e. The average Bonchev–Trinajstić information content (AvgIpc) is 2.81. The summed E-state index contributed by atoms with van der Waals surface area (Å²) >= 11 is 0. The van der Waals surface area contributed by atoms with Crippen LogP contribution in [0, 0.1) is 0 Å². The summed E-state index contributed by atoms with van der Waals surface area (Å²) in [6, 6.07) is 0.131. The molecular formula is C8H13N3O2S. The molecule has 0 atom stereocenters. The Bertz CT molecular complexity index is 420. The minimum absolute atomic E-state index is 0.117. The lowest BCUT2D eigenvalue weighted by Gasteiger charge is -2.00. The van der Waals surface area contributed by atoms with Crippen LogP contribution in [-0.2, 0) is 16.6 Å². The molecule has 1 aromatic rings. The van der Waals surface area contributed by atoms with Crippen molar-refractivity contribution in [1.29, 1.82) is 0 Å². The van der Waals surface area contributed by atoms with Crippen molar-refractivity contribution in [3.8, 4) is 0 Å². The number of nitrogens with zero attached hydrogens (tertiary/aromatic N) is 2. The zero-order valence-corrected chi connectivity index (χ0v) is 8.79. The van der Waals surface area contributed by atoms with E-state index >= 15 is 0 Å². The molecule has 2 rings (SSSR count). The Morgan fingerprint density at radius 2 is 2.36 bits per heavy atom. The molecule has 5 nitrogen and oxygen atoms in total. The Morgan fingerprint density at radius 3 is 2.86 bits per heavy atom. The Labute approximate surface area is 83.2 Å².